The van der Waals surface area contributed by atoms with Crippen molar-refractivity contribution in [1.29, 1.82) is 0 Å². The molecule has 9 nitrogen and oxygen atoms in total. The fourth-order valence-electron chi connectivity index (χ4n) is 2.53. The average Bonchev–Trinajstić information content (AvgIpc) is 3.34. The lowest BCUT2D eigenvalue weighted by molar-refractivity contribution is 0.102. The van der Waals surface area contributed by atoms with E-state index in [1.165, 1.54) is 11.0 Å². The van der Waals surface area contributed by atoms with Crippen molar-refractivity contribution in [3.05, 3.63) is 72.7 Å². The lowest BCUT2D eigenvalue weighted by atomic mass is 10.2. The summed E-state index contributed by atoms with van der Waals surface area (Å²) >= 11 is 0. The van der Waals surface area contributed by atoms with Crippen molar-refractivity contribution in [2.45, 2.75) is 6.92 Å². The Balaban J connectivity index is 1.58. The van der Waals surface area contributed by atoms with Gasteiger partial charge in [0.1, 0.15) is 12.2 Å². The topological polar surface area (TPSA) is 103 Å². The lowest BCUT2D eigenvalue weighted by Gasteiger charge is -2.12. The number of anilines is 1. The van der Waals surface area contributed by atoms with Crippen LogP contribution in [0.3, 0.4) is 0 Å². The second kappa shape index (κ2) is 6.55. The molecule has 0 aliphatic heterocycles. The van der Waals surface area contributed by atoms with Crippen molar-refractivity contribution in [2.75, 3.05) is 5.32 Å². The maximum Gasteiger partial charge on any atom is 0.255 e. The number of tetrazole rings is 1. The van der Waals surface area contributed by atoms with E-state index in [0.717, 1.165) is 11.5 Å². The van der Waals surface area contributed by atoms with Gasteiger partial charge in [-0.25, -0.2) is 14.6 Å². The zero-order valence-corrected chi connectivity index (χ0v) is 13.8. The molecule has 4 aromatic rings. The van der Waals surface area contributed by atoms with Crippen LogP contribution in [0.4, 0.5) is 5.69 Å². The van der Waals surface area contributed by atoms with Crippen LogP contribution in [0.1, 0.15) is 16.2 Å². The number of carbonyl (C=O) groups excluding carboxylic acids is 1. The minimum atomic E-state index is -0.236. The molecular weight excluding hydrogens is 332 g/mol. The first-order valence-corrected chi connectivity index (χ1v) is 7.82. The van der Waals surface area contributed by atoms with Crippen LogP contribution in [0.5, 0.6) is 0 Å². The average molecular weight is 346 g/mol. The number of amides is 1. The smallest absolute Gasteiger partial charge is 0.255 e. The molecular formula is C17H14N8O. The lowest BCUT2D eigenvalue weighted by Crippen LogP contribution is -2.15. The Morgan fingerprint density at radius 2 is 1.92 bits per heavy atom. The van der Waals surface area contributed by atoms with E-state index < -0.39 is 0 Å². The standard InChI is InChI=1S/C17H14N8O/c1-12-18-9-10-24(12)16-15(3-2-8-19-16)21-17(26)13-4-6-14(7-5-13)25-11-20-22-23-25/h2-11H,1H3,(H,21,26). The third kappa shape index (κ3) is 2.93. The van der Waals surface area contributed by atoms with Gasteiger partial charge in [-0.05, 0) is 53.7 Å². The maximum absolute atomic E-state index is 12.6. The highest BCUT2D eigenvalue weighted by Gasteiger charge is 2.12. The summed E-state index contributed by atoms with van der Waals surface area (Å²) in [5.74, 6) is 1.16. The molecule has 0 unspecified atom stereocenters. The minimum absolute atomic E-state index is 0.236. The molecule has 1 amide bonds. The molecule has 128 valence electrons. The summed E-state index contributed by atoms with van der Waals surface area (Å²) in [6, 6.07) is 10.5. The van der Waals surface area contributed by atoms with E-state index in [1.807, 2.05) is 11.5 Å². The van der Waals surface area contributed by atoms with Gasteiger partial charge in [-0.2, -0.15) is 0 Å². The normalized spacial score (nSPS) is 10.7. The van der Waals surface area contributed by atoms with E-state index in [4.69, 9.17) is 0 Å². The molecule has 4 rings (SSSR count). The first kappa shape index (κ1) is 15.6. The summed E-state index contributed by atoms with van der Waals surface area (Å²) in [6.45, 7) is 1.87. The van der Waals surface area contributed by atoms with Crippen molar-refractivity contribution >= 4 is 11.6 Å². The van der Waals surface area contributed by atoms with Crippen molar-refractivity contribution in [1.82, 2.24) is 34.7 Å². The largest absolute Gasteiger partial charge is 0.319 e. The molecule has 3 heterocycles. The molecule has 0 atom stereocenters. The molecule has 0 saturated carbocycles. The van der Waals surface area contributed by atoms with E-state index >= 15 is 0 Å². The van der Waals surface area contributed by atoms with E-state index in [1.54, 1.807) is 55.0 Å². The number of hydrogen-bond donors (Lipinski definition) is 1. The zero-order valence-electron chi connectivity index (χ0n) is 13.8. The third-order valence-electron chi connectivity index (χ3n) is 3.83. The van der Waals surface area contributed by atoms with Crippen molar-refractivity contribution in [3.8, 4) is 11.5 Å². The van der Waals surface area contributed by atoms with E-state index in [2.05, 4.69) is 30.8 Å². The van der Waals surface area contributed by atoms with Gasteiger partial charge in [0, 0.05) is 24.2 Å². The first-order valence-electron chi connectivity index (χ1n) is 7.82. The van der Waals surface area contributed by atoms with Crippen LogP contribution in [0, 0.1) is 6.92 Å². The zero-order chi connectivity index (χ0) is 17.9. The quantitative estimate of drug-likeness (QED) is 0.604. The predicted molar refractivity (Wildman–Crippen MR) is 93.2 cm³/mol. The predicted octanol–water partition coefficient (Wildman–Crippen LogP) is 1.80. The van der Waals surface area contributed by atoms with E-state index in [0.29, 0.717) is 17.1 Å². The molecule has 0 fully saturated rings. The summed E-state index contributed by atoms with van der Waals surface area (Å²) in [4.78, 5) is 21.2. The van der Waals surface area contributed by atoms with Gasteiger partial charge in [-0.1, -0.05) is 0 Å². The van der Waals surface area contributed by atoms with Crippen LogP contribution >= 0.6 is 0 Å². The van der Waals surface area contributed by atoms with Gasteiger partial charge < -0.3 is 5.32 Å². The van der Waals surface area contributed by atoms with Crippen molar-refractivity contribution in [3.63, 3.8) is 0 Å². The third-order valence-corrected chi connectivity index (χ3v) is 3.83. The molecule has 9 heteroatoms. The monoisotopic (exact) mass is 346 g/mol. The summed E-state index contributed by atoms with van der Waals surface area (Å²) < 4.78 is 3.33. The summed E-state index contributed by atoms with van der Waals surface area (Å²) in [6.07, 6.45) is 6.65. The molecule has 0 aliphatic carbocycles. The number of carbonyl (C=O) groups is 1. The maximum atomic E-state index is 12.6. The molecule has 0 aliphatic rings. The highest BCUT2D eigenvalue weighted by atomic mass is 16.1. The summed E-state index contributed by atoms with van der Waals surface area (Å²) in [5, 5.41) is 13.9. The Bertz CT molecular complexity index is 1040. The van der Waals surface area contributed by atoms with E-state index in [-0.39, 0.29) is 5.91 Å². The van der Waals surface area contributed by atoms with Gasteiger partial charge in [-0.3, -0.25) is 9.36 Å². The Hall–Kier alpha value is -3.88. The number of benzene rings is 1. The Labute approximate surface area is 148 Å². The summed E-state index contributed by atoms with van der Waals surface area (Å²) in [5.41, 5.74) is 1.88. The van der Waals surface area contributed by atoms with Crippen LogP contribution in [-0.4, -0.2) is 40.6 Å². The second-order valence-corrected chi connectivity index (χ2v) is 5.47. The van der Waals surface area contributed by atoms with Gasteiger partial charge >= 0.3 is 0 Å². The molecule has 0 bridgehead atoms. The Morgan fingerprint density at radius 1 is 1.08 bits per heavy atom. The van der Waals surface area contributed by atoms with Gasteiger partial charge in [0.2, 0.25) is 0 Å². The fourth-order valence-corrected chi connectivity index (χ4v) is 2.53. The Kier molecular flexibility index (Phi) is 3.94. The van der Waals surface area contributed by atoms with Crippen molar-refractivity contribution < 1.29 is 4.79 Å². The number of rotatable bonds is 4. The van der Waals surface area contributed by atoms with Crippen LogP contribution in [0.2, 0.25) is 0 Å². The minimum Gasteiger partial charge on any atom is -0.319 e. The van der Waals surface area contributed by atoms with Crippen LogP contribution in [0.15, 0.2) is 61.3 Å². The molecule has 1 aromatic carbocycles. The van der Waals surface area contributed by atoms with Gasteiger partial charge in [-0.15, -0.1) is 5.10 Å². The molecule has 0 radical (unpaired) electrons. The van der Waals surface area contributed by atoms with Gasteiger partial charge in [0.05, 0.1) is 11.4 Å². The van der Waals surface area contributed by atoms with Gasteiger partial charge in [0.15, 0.2) is 5.82 Å². The molecule has 26 heavy (non-hydrogen) atoms. The molecule has 1 N–H and O–H groups in total. The van der Waals surface area contributed by atoms with Crippen LogP contribution < -0.4 is 5.32 Å². The molecule has 0 saturated heterocycles. The SMILES string of the molecule is Cc1nccn1-c1ncccc1NC(=O)c1ccc(-n2cnnn2)cc1. The van der Waals surface area contributed by atoms with Gasteiger partial charge in [0.25, 0.3) is 5.91 Å². The highest BCUT2D eigenvalue weighted by molar-refractivity contribution is 6.05. The molecule has 0 spiro atoms. The number of nitrogens with one attached hydrogen (secondary N) is 1. The van der Waals surface area contributed by atoms with E-state index in [9.17, 15) is 4.79 Å². The second-order valence-electron chi connectivity index (χ2n) is 5.47. The van der Waals surface area contributed by atoms with Crippen LogP contribution in [-0.2, 0) is 0 Å². The number of hydrogen-bond acceptors (Lipinski definition) is 6. The molecule has 3 aromatic heterocycles. The van der Waals surface area contributed by atoms with Crippen LogP contribution in [0.25, 0.3) is 11.5 Å². The number of aryl methyl sites for hydroxylation is 1. The Morgan fingerprint density at radius 3 is 2.62 bits per heavy atom. The number of aromatic nitrogens is 7. The highest BCUT2D eigenvalue weighted by Crippen LogP contribution is 2.19. The van der Waals surface area contributed by atoms with Crippen molar-refractivity contribution in [2.24, 2.45) is 0 Å². The number of pyridine rings is 1. The number of imidazole rings is 1. The fraction of sp³-hybridized carbons (Fsp3) is 0.0588. The summed E-state index contributed by atoms with van der Waals surface area (Å²) in [7, 11) is 0. The first-order chi connectivity index (χ1) is 12.7. The number of nitrogens with zero attached hydrogens (tertiary/aromatic N) is 7.